The Morgan fingerprint density at radius 2 is 2.27 bits per heavy atom. The van der Waals surface area contributed by atoms with E-state index in [1.807, 2.05) is 6.07 Å². The average Bonchev–Trinajstić information content (AvgIpc) is 2.70. The predicted octanol–water partition coefficient (Wildman–Crippen LogP) is 2.40. The van der Waals surface area contributed by atoms with E-state index in [0.717, 1.165) is 5.56 Å². The fourth-order valence-electron chi connectivity index (χ4n) is 1.40. The lowest BCUT2D eigenvalue weighted by molar-refractivity contribution is 0.619. The molecule has 0 bridgehead atoms. The monoisotopic (exact) mass is 201 g/mol. The van der Waals surface area contributed by atoms with Crippen LogP contribution in [0, 0.1) is 24.1 Å². The van der Waals surface area contributed by atoms with E-state index in [2.05, 4.69) is 9.97 Å². The van der Waals surface area contributed by atoms with Crippen LogP contribution in [0.25, 0.3) is 11.3 Å². The molecule has 2 aromatic rings. The van der Waals surface area contributed by atoms with Crippen LogP contribution in [0.2, 0.25) is 0 Å². The number of aromatic amines is 1. The van der Waals surface area contributed by atoms with Crippen molar-refractivity contribution in [3.05, 3.63) is 41.6 Å². The van der Waals surface area contributed by atoms with Gasteiger partial charge in [0.15, 0.2) is 5.69 Å². The van der Waals surface area contributed by atoms with Crippen LogP contribution in [0.5, 0.6) is 0 Å². The summed E-state index contributed by atoms with van der Waals surface area (Å²) in [6, 6.07) is 6.66. The van der Waals surface area contributed by atoms with Gasteiger partial charge >= 0.3 is 0 Å². The van der Waals surface area contributed by atoms with Gasteiger partial charge in [-0.25, -0.2) is 9.37 Å². The maximum Gasteiger partial charge on any atom is 0.166 e. The Hall–Kier alpha value is -2.15. The van der Waals surface area contributed by atoms with Gasteiger partial charge in [-0.2, -0.15) is 5.26 Å². The molecule has 0 aliphatic rings. The van der Waals surface area contributed by atoms with E-state index in [4.69, 9.17) is 5.26 Å². The number of nitrogens with zero attached hydrogens (tertiary/aromatic N) is 2. The fraction of sp³-hybridized carbons (Fsp3) is 0.0909. The number of halogens is 1. The zero-order valence-electron chi connectivity index (χ0n) is 8.08. The lowest BCUT2D eigenvalue weighted by atomic mass is 10.1. The van der Waals surface area contributed by atoms with Crippen LogP contribution in [0.1, 0.15) is 11.3 Å². The van der Waals surface area contributed by atoms with Crippen molar-refractivity contribution in [2.24, 2.45) is 0 Å². The van der Waals surface area contributed by atoms with Gasteiger partial charge in [0.05, 0.1) is 12.0 Å². The highest BCUT2D eigenvalue weighted by Gasteiger charge is 2.08. The van der Waals surface area contributed by atoms with Gasteiger partial charge in [0.25, 0.3) is 0 Å². The summed E-state index contributed by atoms with van der Waals surface area (Å²) in [6.07, 6.45) is 1.45. The van der Waals surface area contributed by atoms with Crippen molar-refractivity contribution in [3.63, 3.8) is 0 Å². The summed E-state index contributed by atoms with van der Waals surface area (Å²) in [6.45, 7) is 1.68. The average molecular weight is 201 g/mol. The third-order valence-corrected chi connectivity index (χ3v) is 2.19. The molecular formula is C11H8FN3. The van der Waals surface area contributed by atoms with Crippen LogP contribution >= 0.6 is 0 Å². The number of benzene rings is 1. The van der Waals surface area contributed by atoms with Gasteiger partial charge in [0.1, 0.15) is 11.9 Å². The molecule has 0 unspecified atom stereocenters. The molecule has 2 rings (SSSR count). The van der Waals surface area contributed by atoms with E-state index in [-0.39, 0.29) is 5.82 Å². The van der Waals surface area contributed by atoms with Gasteiger partial charge < -0.3 is 4.98 Å². The van der Waals surface area contributed by atoms with Gasteiger partial charge in [-0.1, -0.05) is 0 Å². The van der Waals surface area contributed by atoms with E-state index in [1.54, 1.807) is 19.1 Å². The molecule has 0 radical (unpaired) electrons. The van der Waals surface area contributed by atoms with Crippen molar-refractivity contribution < 1.29 is 4.39 Å². The Balaban J connectivity index is 2.56. The first-order valence-electron chi connectivity index (χ1n) is 4.42. The number of H-pyrrole nitrogens is 1. The van der Waals surface area contributed by atoms with E-state index >= 15 is 0 Å². The molecule has 0 aliphatic carbocycles. The second kappa shape index (κ2) is 3.54. The molecule has 0 saturated heterocycles. The predicted molar refractivity (Wildman–Crippen MR) is 53.4 cm³/mol. The number of aryl methyl sites for hydroxylation is 1. The molecule has 74 valence electrons. The van der Waals surface area contributed by atoms with Gasteiger partial charge in [-0.05, 0) is 30.7 Å². The number of hydrogen-bond donors (Lipinski definition) is 1. The van der Waals surface area contributed by atoms with Crippen molar-refractivity contribution in [1.82, 2.24) is 9.97 Å². The maximum atomic E-state index is 13.0. The zero-order valence-corrected chi connectivity index (χ0v) is 8.08. The standard InChI is InChI=1S/C11H8FN3/c1-7-4-8(2-3-9(7)12)11-10(5-13)14-6-15-11/h2-4,6H,1H3,(H,14,15). The molecule has 0 saturated carbocycles. The number of nitriles is 1. The zero-order chi connectivity index (χ0) is 10.8. The molecule has 0 amide bonds. The number of imidazole rings is 1. The molecule has 0 atom stereocenters. The molecular weight excluding hydrogens is 193 g/mol. The third kappa shape index (κ3) is 1.59. The van der Waals surface area contributed by atoms with Gasteiger partial charge in [-0.3, -0.25) is 0 Å². The second-order valence-corrected chi connectivity index (χ2v) is 3.20. The quantitative estimate of drug-likeness (QED) is 0.770. The Kier molecular flexibility index (Phi) is 2.22. The lowest BCUT2D eigenvalue weighted by Gasteiger charge is -2.01. The Labute approximate surface area is 86.2 Å². The van der Waals surface area contributed by atoms with Crippen LogP contribution in [-0.2, 0) is 0 Å². The summed E-state index contributed by atoms with van der Waals surface area (Å²) in [5.74, 6) is -0.253. The first-order chi connectivity index (χ1) is 7.22. The van der Waals surface area contributed by atoms with E-state index in [0.29, 0.717) is 17.0 Å². The smallest absolute Gasteiger partial charge is 0.166 e. The summed E-state index contributed by atoms with van der Waals surface area (Å²) in [5, 5.41) is 8.79. The SMILES string of the molecule is Cc1cc(-c2[nH]cnc2C#N)ccc1F. The van der Waals surface area contributed by atoms with Crippen LogP contribution < -0.4 is 0 Å². The van der Waals surface area contributed by atoms with E-state index < -0.39 is 0 Å². The van der Waals surface area contributed by atoms with Crippen LogP contribution in [0.15, 0.2) is 24.5 Å². The molecule has 0 fully saturated rings. The first-order valence-corrected chi connectivity index (χ1v) is 4.42. The molecule has 1 aromatic heterocycles. The summed E-state index contributed by atoms with van der Waals surface area (Å²) < 4.78 is 13.0. The van der Waals surface area contributed by atoms with Crippen LogP contribution in [0.4, 0.5) is 4.39 Å². The minimum absolute atomic E-state index is 0.253. The minimum Gasteiger partial charge on any atom is -0.343 e. The van der Waals surface area contributed by atoms with Crippen molar-refractivity contribution in [1.29, 1.82) is 5.26 Å². The summed E-state index contributed by atoms with van der Waals surface area (Å²) in [5.41, 5.74) is 2.26. The summed E-state index contributed by atoms with van der Waals surface area (Å²) >= 11 is 0. The number of hydrogen-bond acceptors (Lipinski definition) is 2. The Bertz CT molecular complexity index is 537. The topological polar surface area (TPSA) is 52.5 Å². The maximum absolute atomic E-state index is 13.0. The van der Waals surface area contributed by atoms with Crippen molar-refractivity contribution in [3.8, 4) is 17.3 Å². The van der Waals surface area contributed by atoms with Gasteiger partial charge in [0, 0.05) is 5.56 Å². The Morgan fingerprint density at radius 1 is 1.47 bits per heavy atom. The van der Waals surface area contributed by atoms with E-state index in [9.17, 15) is 4.39 Å². The fourth-order valence-corrected chi connectivity index (χ4v) is 1.40. The van der Waals surface area contributed by atoms with Crippen molar-refractivity contribution in [2.75, 3.05) is 0 Å². The highest BCUT2D eigenvalue weighted by Crippen LogP contribution is 2.21. The number of aromatic nitrogens is 2. The molecule has 0 aliphatic heterocycles. The molecule has 3 nitrogen and oxygen atoms in total. The molecule has 1 N–H and O–H groups in total. The van der Waals surface area contributed by atoms with Crippen molar-refractivity contribution in [2.45, 2.75) is 6.92 Å². The minimum atomic E-state index is -0.253. The van der Waals surface area contributed by atoms with E-state index in [1.165, 1.54) is 12.4 Å². The second-order valence-electron chi connectivity index (χ2n) is 3.20. The Morgan fingerprint density at radius 3 is 2.93 bits per heavy atom. The molecule has 15 heavy (non-hydrogen) atoms. The van der Waals surface area contributed by atoms with Gasteiger partial charge in [-0.15, -0.1) is 0 Å². The first kappa shape index (κ1) is 9.41. The summed E-state index contributed by atoms with van der Waals surface area (Å²) in [7, 11) is 0. The molecule has 0 spiro atoms. The molecule has 1 heterocycles. The van der Waals surface area contributed by atoms with Crippen LogP contribution in [0.3, 0.4) is 0 Å². The normalized spacial score (nSPS) is 9.93. The van der Waals surface area contributed by atoms with Crippen molar-refractivity contribution >= 4 is 0 Å². The largest absolute Gasteiger partial charge is 0.343 e. The van der Waals surface area contributed by atoms with Crippen LogP contribution in [-0.4, -0.2) is 9.97 Å². The number of rotatable bonds is 1. The lowest BCUT2D eigenvalue weighted by Crippen LogP contribution is -1.86. The molecule has 4 heteroatoms. The summed E-state index contributed by atoms with van der Waals surface area (Å²) in [4.78, 5) is 6.72. The number of nitrogens with one attached hydrogen (secondary N) is 1. The highest BCUT2D eigenvalue weighted by molar-refractivity contribution is 5.65. The molecule has 1 aromatic carbocycles. The third-order valence-electron chi connectivity index (χ3n) is 2.19. The van der Waals surface area contributed by atoms with Gasteiger partial charge in [0.2, 0.25) is 0 Å². The highest BCUT2D eigenvalue weighted by atomic mass is 19.1.